The first-order valence-electron chi connectivity index (χ1n) is 8.50. The predicted octanol–water partition coefficient (Wildman–Crippen LogP) is 3.18. The average molecular weight is 355 g/mol. The number of aryl methyl sites for hydroxylation is 2. The molecule has 0 aliphatic heterocycles. The number of nitrogens with zero attached hydrogens (tertiary/aromatic N) is 1. The zero-order chi connectivity index (χ0) is 17.5. The number of carbonyl (C=O) groups excluding carboxylic acids is 2. The summed E-state index contributed by atoms with van der Waals surface area (Å²) in [5.74, 6) is -0.556. The van der Waals surface area contributed by atoms with Crippen molar-refractivity contribution in [1.29, 1.82) is 0 Å². The Kier molecular flexibility index (Phi) is 5.95. The summed E-state index contributed by atoms with van der Waals surface area (Å²) in [7, 11) is 0. The lowest BCUT2D eigenvalue weighted by atomic mass is 10.2. The van der Waals surface area contributed by atoms with Gasteiger partial charge in [-0.2, -0.15) is 0 Å². The molecule has 3 rings (SSSR count). The largest absolute Gasteiger partial charge is 0.343 e. The quantitative estimate of drug-likeness (QED) is 0.639. The van der Waals surface area contributed by atoms with Crippen LogP contribution in [0.4, 0.5) is 5.13 Å². The Hall–Kier alpha value is -2.47. The number of fused-ring (bicyclic) bond motifs is 1. The van der Waals surface area contributed by atoms with Crippen molar-refractivity contribution in [3.05, 3.63) is 52.5 Å². The molecule has 1 aromatic heterocycles. The Bertz CT molecular complexity index is 745. The van der Waals surface area contributed by atoms with Crippen molar-refractivity contribution in [3.8, 4) is 0 Å². The number of benzene rings is 1. The first-order valence-corrected chi connectivity index (χ1v) is 9.32. The Morgan fingerprint density at radius 2 is 1.92 bits per heavy atom. The van der Waals surface area contributed by atoms with Gasteiger partial charge in [-0.15, -0.1) is 11.3 Å². The van der Waals surface area contributed by atoms with E-state index in [1.807, 2.05) is 30.3 Å². The van der Waals surface area contributed by atoms with Crippen molar-refractivity contribution < 1.29 is 9.59 Å². The fraction of sp³-hybridized carbons (Fsp3) is 0.316. The standard InChI is InChI=1S/C19H21N3O2S/c23-17(12-11-14-7-3-1-4-8-14)20-13-18(24)22-19-21-15-9-5-2-6-10-16(15)25-19/h1,3-4,7-8,11-12H,2,5-6,9-10,13H2,(H,20,23)(H,21,22,24). The van der Waals surface area contributed by atoms with Crippen LogP contribution in [0.5, 0.6) is 0 Å². The number of amides is 2. The summed E-state index contributed by atoms with van der Waals surface area (Å²) in [5, 5.41) is 5.99. The third kappa shape index (κ3) is 5.26. The maximum absolute atomic E-state index is 12.0. The number of hydrogen-bond acceptors (Lipinski definition) is 4. The summed E-state index contributed by atoms with van der Waals surface area (Å²) in [5.41, 5.74) is 2.05. The average Bonchev–Trinajstić information content (AvgIpc) is 2.87. The number of anilines is 1. The van der Waals surface area contributed by atoms with Gasteiger partial charge in [-0.1, -0.05) is 36.8 Å². The Morgan fingerprint density at radius 1 is 1.12 bits per heavy atom. The molecule has 2 amide bonds. The number of thiazole rings is 1. The summed E-state index contributed by atoms with van der Waals surface area (Å²) in [4.78, 5) is 29.6. The number of hydrogen-bond donors (Lipinski definition) is 2. The molecule has 0 spiro atoms. The monoisotopic (exact) mass is 355 g/mol. The molecule has 2 aromatic rings. The predicted molar refractivity (Wildman–Crippen MR) is 100 cm³/mol. The highest BCUT2D eigenvalue weighted by molar-refractivity contribution is 7.15. The van der Waals surface area contributed by atoms with Gasteiger partial charge in [-0.05, 0) is 37.3 Å². The van der Waals surface area contributed by atoms with E-state index in [9.17, 15) is 9.59 Å². The van der Waals surface area contributed by atoms with Crippen LogP contribution in [0, 0.1) is 0 Å². The van der Waals surface area contributed by atoms with Crippen molar-refractivity contribution in [2.75, 3.05) is 11.9 Å². The molecule has 6 heteroatoms. The first-order chi connectivity index (χ1) is 12.2. The molecule has 1 aromatic carbocycles. The summed E-state index contributed by atoms with van der Waals surface area (Å²) >= 11 is 1.55. The molecule has 2 N–H and O–H groups in total. The molecule has 0 saturated carbocycles. The van der Waals surface area contributed by atoms with Crippen LogP contribution in [0.25, 0.3) is 6.08 Å². The summed E-state index contributed by atoms with van der Waals surface area (Å²) in [6.45, 7) is -0.0673. The molecule has 0 saturated heterocycles. The highest BCUT2D eigenvalue weighted by Gasteiger charge is 2.15. The van der Waals surface area contributed by atoms with E-state index in [1.165, 1.54) is 23.8 Å². The van der Waals surface area contributed by atoms with Crippen LogP contribution in [0.15, 0.2) is 36.4 Å². The fourth-order valence-corrected chi connectivity index (χ4v) is 3.77. The third-order valence-corrected chi connectivity index (χ3v) is 5.06. The zero-order valence-electron chi connectivity index (χ0n) is 14.0. The van der Waals surface area contributed by atoms with E-state index >= 15 is 0 Å². The lowest BCUT2D eigenvalue weighted by Crippen LogP contribution is -2.31. The highest BCUT2D eigenvalue weighted by atomic mass is 32.1. The molecule has 25 heavy (non-hydrogen) atoms. The molecule has 0 unspecified atom stereocenters. The van der Waals surface area contributed by atoms with Gasteiger partial charge in [-0.25, -0.2) is 4.98 Å². The molecule has 0 fully saturated rings. The fourth-order valence-electron chi connectivity index (χ4n) is 2.71. The minimum absolute atomic E-state index is 0.0673. The normalized spacial score (nSPS) is 13.9. The van der Waals surface area contributed by atoms with E-state index in [0.717, 1.165) is 30.5 Å². The third-order valence-electron chi connectivity index (χ3n) is 3.99. The van der Waals surface area contributed by atoms with Gasteiger partial charge in [0.05, 0.1) is 12.2 Å². The number of aromatic nitrogens is 1. The molecule has 1 heterocycles. The Labute approximate surface area is 151 Å². The molecule has 0 atom stereocenters. The van der Waals surface area contributed by atoms with E-state index in [4.69, 9.17) is 0 Å². The lowest BCUT2D eigenvalue weighted by molar-refractivity contribution is -0.121. The van der Waals surface area contributed by atoms with Crippen LogP contribution in [-0.4, -0.2) is 23.3 Å². The van der Waals surface area contributed by atoms with E-state index in [2.05, 4.69) is 15.6 Å². The van der Waals surface area contributed by atoms with Crippen molar-refractivity contribution >= 4 is 34.4 Å². The van der Waals surface area contributed by atoms with Crippen LogP contribution in [0.3, 0.4) is 0 Å². The zero-order valence-corrected chi connectivity index (χ0v) is 14.8. The Morgan fingerprint density at radius 3 is 2.76 bits per heavy atom. The van der Waals surface area contributed by atoms with Crippen molar-refractivity contribution in [2.24, 2.45) is 0 Å². The van der Waals surface area contributed by atoms with Gasteiger partial charge in [0.15, 0.2) is 5.13 Å². The number of rotatable bonds is 5. The molecule has 130 valence electrons. The van der Waals surface area contributed by atoms with Gasteiger partial charge in [0, 0.05) is 11.0 Å². The Balaban J connectivity index is 1.46. The number of carbonyl (C=O) groups is 2. The summed E-state index contributed by atoms with van der Waals surface area (Å²) in [6.07, 6.45) is 8.76. The van der Waals surface area contributed by atoms with Crippen LogP contribution in [0.1, 0.15) is 35.4 Å². The molecule has 1 aliphatic rings. The van der Waals surface area contributed by atoms with E-state index < -0.39 is 0 Å². The van der Waals surface area contributed by atoms with Gasteiger partial charge >= 0.3 is 0 Å². The smallest absolute Gasteiger partial charge is 0.245 e. The molecular formula is C19H21N3O2S. The maximum atomic E-state index is 12.0. The summed E-state index contributed by atoms with van der Waals surface area (Å²) in [6, 6.07) is 9.53. The van der Waals surface area contributed by atoms with Gasteiger partial charge in [0.2, 0.25) is 11.8 Å². The molecule has 5 nitrogen and oxygen atoms in total. The van der Waals surface area contributed by atoms with E-state index in [-0.39, 0.29) is 18.4 Å². The van der Waals surface area contributed by atoms with Crippen LogP contribution >= 0.6 is 11.3 Å². The lowest BCUT2D eigenvalue weighted by Gasteiger charge is -2.02. The summed E-state index contributed by atoms with van der Waals surface area (Å²) < 4.78 is 0. The second-order valence-corrected chi connectivity index (χ2v) is 7.04. The van der Waals surface area contributed by atoms with Gasteiger partial charge in [0.25, 0.3) is 0 Å². The molecular weight excluding hydrogens is 334 g/mol. The minimum atomic E-state index is -0.297. The minimum Gasteiger partial charge on any atom is -0.343 e. The van der Waals surface area contributed by atoms with Gasteiger partial charge < -0.3 is 10.6 Å². The second-order valence-electron chi connectivity index (χ2n) is 5.96. The van der Waals surface area contributed by atoms with Gasteiger partial charge in [-0.3, -0.25) is 9.59 Å². The SMILES string of the molecule is O=C(C=Cc1ccccc1)NCC(=O)Nc1nc2c(s1)CCCCC2. The molecule has 0 bridgehead atoms. The highest BCUT2D eigenvalue weighted by Crippen LogP contribution is 2.28. The van der Waals surface area contributed by atoms with Gasteiger partial charge in [0.1, 0.15) is 0 Å². The van der Waals surface area contributed by atoms with E-state index in [0.29, 0.717) is 5.13 Å². The number of nitrogens with one attached hydrogen (secondary N) is 2. The topological polar surface area (TPSA) is 71.1 Å². The van der Waals surface area contributed by atoms with Crippen LogP contribution in [0.2, 0.25) is 0 Å². The molecule has 0 radical (unpaired) electrons. The van der Waals surface area contributed by atoms with E-state index in [1.54, 1.807) is 17.4 Å². The van der Waals surface area contributed by atoms with Crippen molar-refractivity contribution in [1.82, 2.24) is 10.3 Å². The van der Waals surface area contributed by atoms with Crippen molar-refractivity contribution in [3.63, 3.8) is 0 Å². The maximum Gasteiger partial charge on any atom is 0.245 e. The van der Waals surface area contributed by atoms with Crippen molar-refractivity contribution in [2.45, 2.75) is 32.1 Å². The van der Waals surface area contributed by atoms with Crippen LogP contribution in [-0.2, 0) is 22.4 Å². The first kappa shape index (κ1) is 17.4. The molecule has 1 aliphatic carbocycles. The second kappa shape index (κ2) is 8.58. The van der Waals surface area contributed by atoms with Crippen LogP contribution < -0.4 is 10.6 Å².